The second-order valence-corrected chi connectivity index (χ2v) is 8.83. The number of amides is 1. The number of benzene rings is 1. The van der Waals surface area contributed by atoms with Gasteiger partial charge in [-0.15, -0.1) is 11.3 Å². The van der Waals surface area contributed by atoms with Gasteiger partial charge in [0.2, 0.25) is 0 Å². The number of carboxylic acid groups (broad SMARTS) is 1. The molecule has 0 bridgehead atoms. The topological polar surface area (TPSA) is 57.6 Å². The van der Waals surface area contributed by atoms with Crippen molar-refractivity contribution >= 4 is 23.2 Å². The maximum atomic E-state index is 13.1. The van der Waals surface area contributed by atoms with Gasteiger partial charge in [-0.05, 0) is 60.3 Å². The van der Waals surface area contributed by atoms with E-state index in [4.69, 9.17) is 0 Å². The van der Waals surface area contributed by atoms with Crippen molar-refractivity contribution in [3.63, 3.8) is 0 Å². The van der Waals surface area contributed by atoms with Crippen LogP contribution in [0.15, 0.2) is 30.3 Å². The summed E-state index contributed by atoms with van der Waals surface area (Å²) in [6.07, 6.45) is 4.21. The molecule has 0 spiro atoms. The maximum absolute atomic E-state index is 13.1. The average molecular weight is 367 g/mol. The van der Waals surface area contributed by atoms with Crippen molar-refractivity contribution in [2.45, 2.75) is 25.7 Å². The number of rotatable bonds is 3. The third-order valence-electron chi connectivity index (χ3n) is 6.14. The lowest BCUT2D eigenvalue weighted by Crippen LogP contribution is -2.29. The molecule has 2 aliphatic carbocycles. The molecule has 1 aromatic carbocycles. The average Bonchev–Trinajstić information content (AvgIpc) is 3.23. The van der Waals surface area contributed by atoms with Gasteiger partial charge in [-0.25, -0.2) is 0 Å². The predicted molar refractivity (Wildman–Crippen MR) is 100 cm³/mol. The van der Waals surface area contributed by atoms with E-state index in [9.17, 15) is 14.7 Å². The largest absolute Gasteiger partial charge is 0.481 e. The Balaban J connectivity index is 1.42. The van der Waals surface area contributed by atoms with E-state index in [2.05, 4.69) is 18.2 Å². The van der Waals surface area contributed by atoms with Gasteiger partial charge in [0, 0.05) is 18.0 Å². The predicted octanol–water partition coefficient (Wildman–Crippen LogP) is 3.70. The van der Waals surface area contributed by atoms with Crippen LogP contribution in [0, 0.1) is 17.8 Å². The molecule has 1 N–H and O–H groups in total. The van der Waals surface area contributed by atoms with E-state index in [0.717, 1.165) is 30.6 Å². The van der Waals surface area contributed by atoms with Crippen LogP contribution >= 0.6 is 11.3 Å². The number of carbonyl (C=O) groups excluding carboxylic acids is 1. The van der Waals surface area contributed by atoms with Crippen molar-refractivity contribution in [2.75, 3.05) is 13.1 Å². The molecule has 2 atom stereocenters. The van der Waals surface area contributed by atoms with Crippen molar-refractivity contribution in [3.8, 4) is 10.4 Å². The van der Waals surface area contributed by atoms with Crippen molar-refractivity contribution in [1.82, 2.24) is 4.90 Å². The third-order valence-corrected chi connectivity index (χ3v) is 7.34. The maximum Gasteiger partial charge on any atom is 0.308 e. The molecule has 134 valence electrons. The lowest BCUT2D eigenvalue weighted by atomic mass is 9.91. The quantitative estimate of drug-likeness (QED) is 0.900. The van der Waals surface area contributed by atoms with Crippen LogP contribution in [0.2, 0.25) is 0 Å². The van der Waals surface area contributed by atoms with Crippen molar-refractivity contribution in [3.05, 3.63) is 46.3 Å². The summed E-state index contributed by atoms with van der Waals surface area (Å²) < 4.78 is 0. The number of carboxylic acids is 1. The van der Waals surface area contributed by atoms with Gasteiger partial charge in [0.15, 0.2) is 0 Å². The third kappa shape index (κ3) is 2.57. The van der Waals surface area contributed by atoms with E-state index >= 15 is 0 Å². The van der Waals surface area contributed by atoms with Crippen LogP contribution in [-0.2, 0) is 17.6 Å². The Morgan fingerprint density at radius 2 is 1.85 bits per heavy atom. The molecular formula is C21H21NO3S. The molecule has 2 aromatic rings. The molecule has 5 heteroatoms. The van der Waals surface area contributed by atoms with Crippen molar-refractivity contribution < 1.29 is 14.7 Å². The first-order valence-corrected chi connectivity index (χ1v) is 10.2. The van der Waals surface area contributed by atoms with Crippen LogP contribution in [0.3, 0.4) is 0 Å². The van der Waals surface area contributed by atoms with Crippen LogP contribution < -0.4 is 0 Å². The van der Waals surface area contributed by atoms with Gasteiger partial charge in [0.25, 0.3) is 5.91 Å². The molecular weight excluding hydrogens is 346 g/mol. The van der Waals surface area contributed by atoms with Gasteiger partial charge in [0.1, 0.15) is 0 Å². The monoisotopic (exact) mass is 367 g/mol. The molecule has 3 aliphatic rings. The van der Waals surface area contributed by atoms with E-state index in [-0.39, 0.29) is 11.8 Å². The molecule has 4 nitrogen and oxygen atoms in total. The summed E-state index contributed by atoms with van der Waals surface area (Å²) in [5.74, 6) is -0.515. The Morgan fingerprint density at radius 3 is 2.62 bits per heavy atom. The molecule has 2 fully saturated rings. The van der Waals surface area contributed by atoms with Gasteiger partial charge < -0.3 is 10.0 Å². The summed E-state index contributed by atoms with van der Waals surface area (Å²) in [6.45, 7) is 0.952. The lowest BCUT2D eigenvalue weighted by molar-refractivity contribution is -0.142. The molecule has 2 heterocycles. The first-order valence-electron chi connectivity index (χ1n) is 9.35. The first kappa shape index (κ1) is 16.1. The molecule has 1 aromatic heterocycles. The highest BCUT2D eigenvalue weighted by atomic mass is 32.1. The van der Waals surface area contributed by atoms with Gasteiger partial charge in [-0.1, -0.05) is 24.3 Å². The number of carbonyl (C=O) groups is 2. The Morgan fingerprint density at radius 1 is 1.08 bits per heavy atom. The number of nitrogens with zero attached hydrogens (tertiary/aromatic N) is 1. The summed E-state index contributed by atoms with van der Waals surface area (Å²) in [4.78, 5) is 28.4. The van der Waals surface area contributed by atoms with Crippen molar-refractivity contribution in [2.24, 2.45) is 17.8 Å². The Bertz CT molecular complexity index is 898. The van der Waals surface area contributed by atoms with Gasteiger partial charge in [-0.3, -0.25) is 9.59 Å². The van der Waals surface area contributed by atoms with E-state index in [1.807, 2.05) is 12.1 Å². The zero-order valence-corrected chi connectivity index (χ0v) is 15.3. The standard InChI is InChI=1S/C21H21NO3S/c23-20(22-10-16(13-5-6-13)17(11-22)21(24)25)18-9-14-8-7-12-3-1-2-4-15(12)19(14)26-18/h1-4,9,13,16-17H,5-8,10-11H2,(H,24,25)/t16-,17+/m1/s1. The second-order valence-electron chi connectivity index (χ2n) is 7.78. The fraction of sp³-hybridized carbons (Fsp3) is 0.429. The fourth-order valence-corrected chi connectivity index (χ4v) is 5.83. The molecule has 1 amide bonds. The minimum Gasteiger partial charge on any atom is -0.481 e. The minimum atomic E-state index is -0.753. The summed E-state index contributed by atoms with van der Waals surface area (Å²) in [7, 11) is 0. The normalized spacial score (nSPS) is 24.2. The van der Waals surface area contributed by atoms with Crippen molar-refractivity contribution in [1.29, 1.82) is 0 Å². The summed E-state index contributed by atoms with van der Waals surface area (Å²) in [6, 6.07) is 10.5. The van der Waals surface area contributed by atoms with E-state index in [1.54, 1.807) is 16.2 Å². The van der Waals surface area contributed by atoms with Crippen LogP contribution in [0.5, 0.6) is 0 Å². The van der Waals surface area contributed by atoms with Crippen LogP contribution in [-0.4, -0.2) is 35.0 Å². The summed E-state index contributed by atoms with van der Waals surface area (Å²) in [5.41, 5.74) is 3.85. The Hall–Kier alpha value is -2.14. The Labute approximate surface area is 156 Å². The summed E-state index contributed by atoms with van der Waals surface area (Å²) in [5, 5.41) is 9.54. The molecule has 0 radical (unpaired) electrons. The number of aryl methyl sites for hydroxylation is 2. The minimum absolute atomic E-state index is 0.0104. The van der Waals surface area contributed by atoms with Gasteiger partial charge >= 0.3 is 5.97 Å². The number of hydrogen-bond acceptors (Lipinski definition) is 3. The van der Waals surface area contributed by atoms with Crippen LogP contribution in [0.1, 0.15) is 33.6 Å². The summed E-state index contributed by atoms with van der Waals surface area (Å²) >= 11 is 1.57. The molecule has 1 aliphatic heterocycles. The SMILES string of the molecule is O=C(O)[C@H]1CN(C(=O)c2cc3c(s2)-c2ccccc2CC3)C[C@@H]1C1CC1. The highest BCUT2D eigenvalue weighted by Crippen LogP contribution is 2.45. The number of aliphatic carboxylic acids is 1. The number of thiophene rings is 1. The van der Waals surface area contributed by atoms with Crippen LogP contribution in [0.25, 0.3) is 10.4 Å². The number of likely N-dealkylation sites (tertiary alicyclic amines) is 1. The zero-order valence-electron chi connectivity index (χ0n) is 14.5. The highest BCUT2D eigenvalue weighted by molar-refractivity contribution is 7.17. The van der Waals surface area contributed by atoms with Gasteiger partial charge in [-0.2, -0.15) is 0 Å². The zero-order chi connectivity index (χ0) is 17.8. The number of hydrogen-bond donors (Lipinski definition) is 1. The van der Waals surface area contributed by atoms with E-state index < -0.39 is 11.9 Å². The molecule has 1 saturated heterocycles. The highest BCUT2D eigenvalue weighted by Gasteiger charge is 2.47. The number of fused-ring (bicyclic) bond motifs is 3. The van der Waals surface area contributed by atoms with Crippen LogP contribution in [0.4, 0.5) is 0 Å². The lowest BCUT2D eigenvalue weighted by Gasteiger charge is -2.15. The molecule has 0 unspecified atom stereocenters. The molecule has 26 heavy (non-hydrogen) atoms. The van der Waals surface area contributed by atoms with Gasteiger partial charge in [0.05, 0.1) is 10.8 Å². The fourth-order valence-electron chi connectivity index (χ4n) is 4.59. The van der Waals surface area contributed by atoms with E-state index in [0.29, 0.717) is 19.0 Å². The smallest absolute Gasteiger partial charge is 0.308 e. The first-order chi connectivity index (χ1) is 12.6. The van der Waals surface area contributed by atoms with E-state index in [1.165, 1.54) is 21.6 Å². The Kier molecular flexibility index (Phi) is 3.67. The second kappa shape index (κ2) is 5.95. The molecule has 5 rings (SSSR count). The molecule has 1 saturated carbocycles.